The molecule has 0 unspecified atom stereocenters. The molecule has 4 nitrogen and oxygen atoms in total. The van der Waals surface area contributed by atoms with Crippen LogP contribution in [0.1, 0.15) is 32.0 Å². The van der Waals surface area contributed by atoms with Gasteiger partial charge in [-0.2, -0.15) is 0 Å². The average Bonchev–Trinajstić information content (AvgIpc) is 2.14. The molecule has 1 aromatic heterocycles. The van der Waals surface area contributed by atoms with Crippen molar-refractivity contribution in [2.45, 2.75) is 38.3 Å². The van der Waals surface area contributed by atoms with E-state index in [1.807, 2.05) is 0 Å². The fourth-order valence-corrected chi connectivity index (χ4v) is 2.06. The SMILES string of the molecule is COCc1nc(Cl)cc(NC2(C)CCC2)n1. The average molecular weight is 242 g/mol. The molecule has 0 saturated heterocycles. The molecule has 1 fully saturated rings. The van der Waals surface area contributed by atoms with Gasteiger partial charge in [-0.25, -0.2) is 9.97 Å². The molecule has 0 amide bonds. The van der Waals surface area contributed by atoms with Crippen molar-refractivity contribution in [3.63, 3.8) is 0 Å². The Morgan fingerprint density at radius 1 is 1.50 bits per heavy atom. The van der Waals surface area contributed by atoms with Gasteiger partial charge in [-0.1, -0.05) is 11.6 Å². The highest BCUT2D eigenvalue weighted by molar-refractivity contribution is 6.29. The highest BCUT2D eigenvalue weighted by Gasteiger charge is 2.31. The molecule has 1 N–H and O–H groups in total. The standard InChI is InChI=1S/C11H16ClN3O/c1-11(4-3-5-11)15-9-6-8(12)13-10(14-9)7-16-2/h6H,3-5,7H2,1-2H3,(H,13,14,15). The number of methoxy groups -OCH3 is 1. The number of nitrogens with one attached hydrogen (secondary N) is 1. The number of anilines is 1. The Morgan fingerprint density at radius 2 is 2.25 bits per heavy atom. The van der Waals surface area contributed by atoms with Crippen LogP contribution in [0.25, 0.3) is 0 Å². The van der Waals surface area contributed by atoms with Crippen LogP contribution in [0.3, 0.4) is 0 Å². The van der Waals surface area contributed by atoms with E-state index in [-0.39, 0.29) is 5.54 Å². The van der Waals surface area contributed by atoms with Crippen LogP contribution < -0.4 is 5.32 Å². The Bertz CT molecular complexity index is 379. The summed E-state index contributed by atoms with van der Waals surface area (Å²) in [5, 5.41) is 3.85. The number of halogens is 1. The molecule has 1 aliphatic rings. The van der Waals surface area contributed by atoms with Gasteiger partial charge >= 0.3 is 0 Å². The maximum absolute atomic E-state index is 5.93. The Kier molecular flexibility index (Phi) is 3.30. The van der Waals surface area contributed by atoms with Crippen LogP contribution in [0.2, 0.25) is 5.15 Å². The molecule has 2 rings (SSSR count). The molecule has 0 aromatic carbocycles. The summed E-state index contributed by atoms with van der Waals surface area (Å²) >= 11 is 5.93. The van der Waals surface area contributed by atoms with Crippen molar-refractivity contribution in [2.75, 3.05) is 12.4 Å². The number of aromatic nitrogens is 2. The third-order valence-corrected chi connectivity index (χ3v) is 3.10. The number of hydrogen-bond donors (Lipinski definition) is 1. The fourth-order valence-electron chi connectivity index (χ4n) is 1.86. The Balaban J connectivity index is 2.13. The van der Waals surface area contributed by atoms with Crippen LogP contribution in [-0.4, -0.2) is 22.6 Å². The zero-order valence-corrected chi connectivity index (χ0v) is 10.3. The lowest BCUT2D eigenvalue weighted by molar-refractivity contribution is 0.178. The predicted molar refractivity (Wildman–Crippen MR) is 63.6 cm³/mol. The molecule has 0 atom stereocenters. The summed E-state index contributed by atoms with van der Waals surface area (Å²) in [5.74, 6) is 1.40. The minimum absolute atomic E-state index is 0.169. The van der Waals surface area contributed by atoms with Crippen molar-refractivity contribution >= 4 is 17.4 Å². The van der Waals surface area contributed by atoms with E-state index in [0.717, 1.165) is 5.82 Å². The van der Waals surface area contributed by atoms with Crippen molar-refractivity contribution in [3.8, 4) is 0 Å². The third kappa shape index (κ3) is 2.62. The van der Waals surface area contributed by atoms with Crippen LogP contribution in [0.15, 0.2) is 6.07 Å². The van der Waals surface area contributed by atoms with Gasteiger partial charge in [0.15, 0.2) is 5.82 Å². The lowest BCUT2D eigenvalue weighted by Gasteiger charge is -2.39. The normalized spacial score (nSPS) is 17.9. The van der Waals surface area contributed by atoms with Crippen LogP contribution >= 0.6 is 11.6 Å². The molecule has 0 aliphatic heterocycles. The van der Waals surface area contributed by atoms with E-state index in [0.29, 0.717) is 17.6 Å². The van der Waals surface area contributed by atoms with Gasteiger partial charge in [-0.3, -0.25) is 0 Å². The first-order chi connectivity index (χ1) is 7.61. The van der Waals surface area contributed by atoms with E-state index < -0.39 is 0 Å². The Hall–Kier alpha value is -0.870. The number of rotatable bonds is 4. The van der Waals surface area contributed by atoms with E-state index in [1.54, 1.807) is 13.2 Å². The first-order valence-corrected chi connectivity index (χ1v) is 5.80. The second-order valence-corrected chi connectivity index (χ2v) is 4.85. The minimum Gasteiger partial charge on any atom is -0.377 e. The van der Waals surface area contributed by atoms with E-state index >= 15 is 0 Å². The Morgan fingerprint density at radius 3 is 2.81 bits per heavy atom. The van der Waals surface area contributed by atoms with Crippen molar-refractivity contribution < 1.29 is 4.74 Å². The molecular weight excluding hydrogens is 226 g/mol. The summed E-state index contributed by atoms with van der Waals surface area (Å²) in [6.07, 6.45) is 3.62. The maximum atomic E-state index is 5.93. The maximum Gasteiger partial charge on any atom is 0.158 e. The van der Waals surface area contributed by atoms with Gasteiger partial charge in [0.25, 0.3) is 0 Å². The summed E-state index contributed by atoms with van der Waals surface area (Å²) in [6, 6.07) is 1.75. The second-order valence-electron chi connectivity index (χ2n) is 4.46. The zero-order chi connectivity index (χ0) is 11.6. The highest BCUT2D eigenvalue weighted by Crippen LogP contribution is 2.34. The van der Waals surface area contributed by atoms with Gasteiger partial charge in [0.1, 0.15) is 17.6 Å². The molecule has 0 radical (unpaired) electrons. The molecular formula is C11H16ClN3O. The number of ether oxygens (including phenoxy) is 1. The molecule has 0 bridgehead atoms. The molecule has 5 heteroatoms. The summed E-state index contributed by atoms with van der Waals surface area (Å²) in [6.45, 7) is 2.58. The van der Waals surface area contributed by atoms with Crippen molar-refractivity contribution in [3.05, 3.63) is 17.0 Å². The van der Waals surface area contributed by atoms with E-state index in [9.17, 15) is 0 Å². The van der Waals surface area contributed by atoms with Crippen LogP contribution in [-0.2, 0) is 11.3 Å². The monoisotopic (exact) mass is 241 g/mol. The zero-order valence-electron chi connectivity index (χ0n) is 9.59. The number of hydrogen-bond acceptors (Lipinski definition) is 4. The molecule has 1 saturated carbocycles. The molecule has 1 aliphatic carbocycles. The smallest absolute Gasteiger partial charge is 0.158 e. The molecule has 1 heterocycles. The lowest BCUT2D eigenvalue weighted by atomic mass is 9.78. The summed E-state index contributed by atoms with van der Waals surface area (Å²) in [7, 11) is 1.62. The van der Waals surface area contributed by atoms with E-state index in [4.69, 9.17) is 16.3 Å². The predicted octanol–water partition coefficient (Wildman–Crippen LogP) is 2.63. The minimum atomic E-state index is 0.169. The van der Waals surface area contributed by atoms with Gasteiger partial charge < -0.3 is 10.1 Å². The number of nitrogens with zero attached hydrogens (tertiary/aromatic N) is 2. The second kappa shape index (κ2) is 4.55. The summed E-state index contributed by atoms with van der Waals surface area (Å²) < 4.78 is 5.00. The molecule has 88 valence electrons. The van der Waals surface area contributed by atoms with Crippen molar-refractivity contribution in [2.24, 2.45) is 0 Å². The van der Waals surface area contributed by atoms with Gasteiger partial charge in [-0.05, 0) is 26.2 Å². The van der Waals surface area contributed by atoms with Gasteiger partial charge in [0.2, 0.25) is 0 Å². The molecule has 1 aromatic rings. The Labute approximate surface area is 100 Å². The third-order valence-electron chi connectivity index (χ3n) is 2.90. The largest absolute Gasteiger partial charge is 0.377 e. The molecule has 0 spiro atoms. The van der Waals surface area contributed by atoms with Crippen LogP contribution in [0.4, 0.5) is 5.82 Å². The lowest BCUT2D eigenvalue weighted by Crippen LogP contribution is -2.41. The van der Waals surface area contributed by atoms with Crippen molar-refractivity contribution in [1.82, 2.24) is 9.97 Å². The van der Waals surface area contributed by atoms with Crippen LogP contribution in [0.5, 0.6) is 0 Å². The van der Waals surface area contributed by atoms with Crippen LogP contribution in [0, 0.1) is 0 Å². The van der Waals surface area contributed by atoms with Gasteiger partial charge in [0, 0.05) is 18.7 Å². The van der Waals surface area contributed by atoms with Gasteiger partial charge in [-0.15, -0.1) is 0 Å². The topological polar surface area (TPSA) is 47.0 Å². The highest BCUT2D eigenvalue weighted by atomic mass is 35.5. The van der Waals surface area contributed by atoms with Crippen molar-refractivity contribution in [1.29, 1.82) is 0 Å². The molecule has 16 heavy (non-hydrogen) atoms. The quantitative estimate of drug-likeness (QED) is 0.824. The van der Waals surface area contributed by atoms with E-state index in [2.05, 4.69) is 22.2 Å². The summed E-state index contributed by atoms with van der Waals surface area (Å²) in [4.78, 5) is 8.45. The first kappa shape index (κ1) is 11.6. The first-order valence-electron chi connectivity index (χ1n) is 5.42. The summed E-state index contributed by atoms with van der Waals surface area (Å²) in [5.41, 5.74) is 0.169. The van der Waals surface area contributed by atoms with Gasteiger partial charge in [0.05, 0.1) is 0 Å². The van der Waals surface area contributed by atoms with E-state index in [1.165, 1.54) is 19.3 Å². The fraction of sp³-hybridized carbons (Fsp3) is 0.636.